The summed E-state index contributed by atoms with van der Waals surface area (Å²) in [6.45, 7) is 1.74. The zero-order valence-corrected chi connectivity index (χ0v) is 16.2. The van der Waals surface area contributed by atoms with Gasteiger partial charge in [-0.1, -0.05) is 35.9 Å². The molecule has 1 heterocycles. The first kappa shape index (κ1) is 20.9. The van der Waals surface area contributed by atoms with Crippen molar-refractivity contribution in [1.29, 1.82) is 0 Å². The predicted molar refractivity (Wildman–Crippen MR) is 108 cm³/mol. The van der Waals surface area contributed by atoms with Crippen LogP contribution in [0.4, 0.5) is 4.39 Å². The molecule has 0 aliphatic carbocycles. The molecule has 0 aliphatic heterocycles. The molecule has 0 saturated carbocycles. The van der Waals surface area contributed by atoms with Gasteiger partial charge in [0.2, 0.25) is 5.43 Å². The molecule has 0 bridgehead atoms. The van der Waals surface area contributed by atoms with Gasteiger partial charge in [0, 0.05) is 18.8 Å². The Balaban J connectivity index is 1.75. The Labute approximate surface area is 171 Å². The summed E-state index contributed by atoms with van der Waals surface area (Å²) in [6.07, 6.45) is 1.55. The SMILES string of the molecule is Cc1cccc(C[C@H](CNC(=O)c2nn(-c3cccc(F)c3)ccc2=O)C(=O)O)c1. The summed E-state index contributed by atoms with van der Waals surface area (Å²) in [6, 6.07) is 14.1. The zero-order chi connectivity index (χ0) is 21.7. The highest BCUT2D eigenvalue weighted by atomic mass is 19.1. The number of hydrogen-bond acceptors (Lipinski definition) is 4. The summed E-state index contributed by atoms with van der Waals surface area (Å²) in [7, 11) is 0. The third-order valence-corrected chi connectivity index (χ3v) is 4.52. The fourth-order valence-electron chi connectivity index (χ4n) is 3.00. The fourth-order valence-corrected chi connectivity index (χ4v) is 3.00. The van der Waals surface area contributed by atoms with Gasteiger partial charge in [0.15, 0.2) is 5.69 Å². The summed E-state index contributed by atoms with van der Waals surface area (Å²) in [5, 5.41) is 15.9. The van der Waals surface area contributed by atoms with Gasteiger partial charge in [0.05, 0.1) is 11.6 Å². The van der Waals surface area contributed by atoms with Crippen molar-refractivity contribution in [2.75, 3.05) is 6.54 Å². The van der Waals surface area contributed by atoms with Crippen molar-refractivity contribution in [2.24, 2.45) is 5.92 Å². The first-order valence-electron chi connectivity index (χ1n) is 9.26. The van der Waals surface area contributed by atoms with E-state index in [1.165, 1.54) is 29.1 Å². The number of nitrogens with zero attached hydrogens (tertiary/aromatic N) is 2. The number of carboxylic acids is 1. The van der Waals surface area contributed by atoms with Gasteiger partial charge in [-0.15, -0.1) is 0 Å². The number of aliphatic carboxylic acids is 1. The van der Waals surface area contributed by atoms with Crippen molar-refractivity contribution >= 4 is 11.9 Å². The molecular weight excluding hydrogens is 389 g/mol. The van der Waals surface area contributed by atoms with Crippen LogP contribution in [0.25, 0.3) is 5.69 Å². The molecule has 1 atom stereocenters. The highest BCUT2D eigenvalue weighted by molar-refractivity contribution is 5.92. The Morgan fingerprint density at radius 1 is 1.17 bits per heavy atom. The second kappa shape index (κ2) is 9.13. The number of rotatable bonds is 7. The molecule has 3 rings (SSSR count). The third kappa shape index (κ3) is 5.16. The summed E-state index contributed by atoms with van der Waals surface area (Å²) in [5.41, 5.74) is 1.16. The minimum Gasteiger partial charge on any atom is -0.481 e. The van der Waals surface area contributed by atoms with Crippen LogP contribution in [-0.2, 0) is 11.2 Å². The Bertz CT molecular complexity index is 1140. The maximum absolute atomic E-state index is 13.4. The second-order valence-electron chi connectivity index (χ2n) is 6.89. The number of nitrogens with one attached hydrogen (secondary N) is 1. The lowest BCUT2D eigenvalue weighted by Crippen LogP contribution is -2.37. The first-order chi connectivity index (χ1) is 14.3. The number of aromatic nitrogens is 2. The van der Waals surface area contributed by atoms with Crippen LogP contribution in [0.5, 0.6) is 0 Å². The number of benzene rings is 2. The van der Waals surface area contributed by atoms with E-state index in [1.807, 2.05) is 31.2 Å². The maximum atomic E-state index is 13.4. The smallest absolute Gasteiger partial charge is 0.308 e. The van der Waals surface area contributed by atoms with E-state index in [0.29, 0.717) is 5.69 Å². The van der Waals surface area contributed by atoms with E-state index in [9.17, 15) is 23.9 Å². The average Bonchev–Trinajstić information content (AvgIpc) is 2.71. The normalized spacial score (nSPS) is 11.7. The van der Waals surface area contributed by atoms with Crippen LogP contribution < -0.4 is 10.7 Å². The highest BCUT2D eigenvalue weighted by Crippen LogP contribution is 2.11. The first-order valence-corrected chi connectivity index (χ1v) is 9.26. The number of aryl methyl sites for hydroxylation is 1. The lowest BCUT2D eigenvalue weighted by molar-refractivity contribution is -0.141. The largest absolute Gasteiger partial charge is 0.481 e. The molecule has 154 valence electrons. The quantitative estimate of drug-likeness (QED) is 0.624. The number of carbonyl (C=O) groups excluding carboxylic acids is 1. The molecule has 0 unspecified atom stereocenters. The van der Waals surface area contributed by atoms with Crippen molar-refractivity contribution in [3.8, 4) is 5.69 Å². The van der Waals surface area contributed by atoms with E-state index < -0.39 is 34.7 Å². The Hall–Kier alpha value is -3.81. The highest BCUT2D eigenvalue weighted by Gasteiger charge is 2.21. The van der Waals surface area contributed by atoms with Crippen LogP contribution in [0.1, 0.15) is 21.6 Å². The molecule has 8 heteroatoms. The van der Waals surface area contributed by atoms with Gasteiger partial charge < -0.3 is 10.4 Å². The third-order valence-electron chi connectivity index (χ3n) is 4.52. The van der Waals surface area contributed by atoms with E-state index in [-0.39, 0.29) is 13.0 Å². The molecule has 0 saturated heterocycles. The van der Waals surface area contributed by atoms with Gasteiger partial charge >= 0.3 is 5.97 Å². The molecule has 30 heavy (non-hydrogen) atoms. The predicted octanol–water partition coefficient (Wildman–Crippen LogP) is 2.35. The minimum atomic E-state index is -1.06. The molecule has 2 N–H and O–H groups in total. The van der Waals surface area contributed by atoms with Gasteiger partial charge in [-0.2, -0.15) is 5.10 Å². The van der Waals surface area contributed by atoms with E-state index in [0.717, 1.165) is 17.2 Å². The molecule has 2 aromatic carbocycles. The lowest BCUT2D eigenvalue weighted by Gasteiger charge is -2.14. The molecule has 0 aliphatic rings. The van der Waals surface area contributed by atoms with Crippen molar-refractivity contribution in [2.45, 2.75) is 13.3 Å². The summed E-state index contributed by atoms with van der Waals surface area (Å²) in [4.78, 5) is 36.2. The molecule has 3 aromatic rings. The molecule has 0 radical (unpaired) electrons. The molecular formula is C22H20FN3O4. The van der Waals surface area contributed by atoms with Gasteiger partial charge in [0.1, 0.15) is 5.82 Å². The zero-order valence-electron chi connectivity index (χ0n) is 16.2. The second-order valence-corrected chi connectivity index (χ2v) is 6.89. The van der Waals surface area contributed by atoms with Gasteiger partial charge in [-0.05, 0) is 37.1 Å². The number of carboxylic acid groups (broad SMARTS) is 1. The fraction of sp³-hybridized carbons (Fsp3) is 0.182. The molecule has 1 amide bonds. The molecule has 7 nitrogen and oxygen atoms in total. The number of halogens is 1. The van der Waals surface area contributed by atoms with E-state index >= 15 is 0 Å². The van der Waals surface area contributed by atoms with Crippen molar-refractivity contribution < 1.29 is 19.1 Å². The molecule has 1 aromatic heterocycles. The van der Waals surface area contributed by atoms with Crippen molar-refractivity contribution in [1.82, 2.24) is 15.1 Å². The van der Waals surface area contributed by atoms with Crippen LogP contribution >= 0.6 is 0 Å². The number of amides is 1. The van der Waals surface area contributed by atoms with Crippen molar-refractivity contribution in [3.05, 3.63) is 93.7 Å². The summed E-state index contributed by atoms with van der Waals surface area (Å²) in [5.74, 6) is -3.21. The Morgan fingerprint density at radius 3 is 2.63 bits per heavy atom. The lowest BCUT2D eigenvalue weighted by atomic mass is 9.98. The Kier molecular flexibility index (Phi) is 6.36. The monoisotopic (exact) mass is 409 g/mol. The topological polar surface area (TPSA) is 101 Å². The van der Waals surface area contributed by atoms with Gasteiger partial charge in [-0.25, -0.2) is 9.07 Å². The molecule has 0 spiro atoms. The van der Waals surface area contributed by atoms with E-state index in [2.05, 4.69) is 10.4 Å². The number of carbonyl (C=O) groups is 2. The van der Waals surface area contributed by atoms with E-state index in [4.69, 9.17) is 0 Å². The summed E-state index contributed by atoms with van der Waals surface area (Å²) >= 11 is 0. The van der Waals surface area contributed by atoms with Crippen LogP contribution in [-0.4, -0.2) is 33.3 Å². The van der Waals surface area contributed by atoms with Gasteiger partial charge in [-0.3, -0.25) is 14.4 Å². The van der Waals surface area contributed by atoms with Crippen LogP contribution in [0, 0.1) is 18.7 Å². The summed E-state index contributed by atoms with van der Waals surface area (Å²) < 4.78 is 14.7. The molecule has 0 fully saturated rings. The van der Waals surface area contributed by atoms with Crippen LogP contribution in [0.2, 0.25) is 0 Å². The van der Waals surface area contributed by atoms with Crippen molar-refractivity contribution in [3.63, 3.8) is 0 Å². The minimum absolute atomic E-state index is 0.169. The number of hydrogen-bond donors (Lipinski definition) is 2. The Morgan fingerprint density at radius 2 is 1.93 bits per heavy atom. The van der Waals surface area contributed by atoms with Crippen LogP contribution in [0.15, 0.2) is 65.6 Å². The maximum Gasteiger partial charge on any atom is 0.308 e. The van der Waals surface area contributed by atoms with Gasteiger partial charge in [0.25, 0.3) is 5.91 Å². The van der Waals surface area contributed by atoms with Crippen LogP contribution in [0.3, 0.4) is 0 Å². The van der Waals surface area contributed by atoms with E-state index in [1.54, 1.807) is 6.07 Å². The standard InChI is InChI=1S/C22H20FN3O4/c1-14-4-2-5-15(10-14)11-16(22(29)30)13-24-21(28)20-19(27)8-9-26(25-20)18-7-3-6-17(23)12-18/h2-10,12,16H,11,13H2,1H3,(H,24,28)(H,29,30)/t16-/m1/s1. The average molecular weight is 409 g/mol.